The number of benzene rings is 2. The van der Waals surface area contributed by atoms with E-state index >= 15 is 0 Å². The van der Waals surface area contributed by atoms with Gasteiger partial charge in [-0.05, 0) is 49.2 Å². The third-order valence-electron chi connectivity index (χ3n) is 4.07. The summed E-state index contributed by atoms with van der Waals surface area (Å²) in [5.74, 6) is 1.28. The molecule has 0 aliphatic carbocycles. The van der Waals surface area contributed by atoms with E-state index in [0.29, 0.717) is 47.0 Å². The predicted octanol–water partition coefficient (Wildman–Crippen LogP) is 6.58. The van der Waals surface area contributed by atoms with E-state index in [0.717, 1.165) is 28.8 Å². The Morgan fingerprint density at radius 3 is 2.72 bits per heavy atom. The first-order chi connectivity index (χ1) is 14.0. The highest BCUT2D eigenvalue weighted by Gasteiger charge is 2.09. The van der Waals surface area contributed by atoms with Crippen LogP contribution in [0.25, 0.3) is 10.2 Å². The van der Waals surface area contributed by atoms with Gasteiger partial charge in [-0.25, -0.2) is 4.98 Å². The average molecular weight is 453 g/mol. The molecule has 1 heterocycles. The van der Waals surface area contributed by atoms with Crippen LogP contribution in [0.4, 0.5) is 5.13 Å². The average Bonchev–Trinajstić information content (AvgIpc) is 3.08. The summed E-state index contributed by atoms with van der Waals surface area (Å²) in [4.78, 5) is 16.6. The zero-order chi connectivity index (χ0) is 20.6. The van der Waals surface area contributed by atoms with Crippen molar-refractivity contribution in [3.05, 3.63) is 46.4 Å². The molecule has 8 heteroatoms. The molecule has 3 aromatic rings. The second-order valence-corrected chi connectivity index (χ2v) is 8.30. The van der Waals surface area contributed by atoms with Crippen molar-refractivity contribution in [2.24, 2.45) is 0 Å². The quantitative estimate of drug-likeness (QED) is 0.352. The molecular formula is C21H22Cl2N2O3S. The van der Waals surface area contributed by atoms with Gasteiger partial charge in [0.2, 0.25) is 5.91 Å². The van der Waals surface area contributed by atoms with Gasteiger partial charge in [-0.1, -0.05) is 47.9 Å². The highest BCUT2D eigenvalue weighted by atomic mass is 35.5. The lowest BCUT2D eigenvalue weighted by Crippen LogP contribution is -2.12. The summed E-state index contributed by atoms with van der Waals surface area (Å²) in [6.07, 6.45) is 3.00. The lowest BCUT2D eigenvalue weighted by Gasteiger charge is -2.08. The van der Waals surface area contributed by atoms with Gasteiger partial charge < -0.3 is 14.8 Å². The highest BCUT2D eigenvalue weighted by molar-refractivity contribution is 7.22. The maximum Gasteiger partial charge on any atom is 0.226 e. The summed E-state index contributed by atoms with van der Waals surface area (Å²) in [5, 5.41) is 4.44. The molecule has 3 rings (SSSR count). The number of rotatable bonds is 10. The third-order valence-corrected chi connectivity index (χ3v) is 5.54. The number of nitrogens with one attached hydrogen (secondary N) is 1. The number of aromatic nitrogens is 1. The van der Waals surface area contributed by atoms with Crippen LogP contribution in [0.1, 0.15) is 32.6 Å². The molecule has 2 aromatic carbocycles. The molecule has 0 aliphatic heterocycles. The van der Waals surface area contributed by atoms with Gasteiger partial charge in [-0.3, -0.25) is 4.79 Å². The Morgan fingerprint density at radius 2 is 1.93 bits per heavy atom. The molecule has 1 aromatic heterocycles. The molecule has 1 N–H and O–H groups in total. The zero-order valence-electron chi connectivity index (χ0n) is 16.0. The summed E-state index contributed by atoms with van der Waals surface area (Å²) in [6.45, 7) is 3.21. The van der Waals surface area contributed by atoms with Crippen LogP contribution in [0.2, 0.25) is 10.0 Å². The molecule has 0 radical (unpaired) electrons. The predicted molar refractivity (Wildman–Crippen MR) is 120 cm³/mol. The first-order valence-corrected chi connectivity index (χ1v) is 11.0. The standard InChI is InChI=1S/C21H22Cl2N2O3S/c1-2-3-10-27-15-7-8-17-19(13-15)29-21(24-17)25-20(26)5-4-11-28-18-9-6-14(22)12-16(18)23/h6-9,12-13H,2-5,10-11H2,1H3,(H,24,25,26). The number of thiazole rings is 1. The molecule has 0 aliphatic rings. The number of amides is 1. The van der Waals surface area contributed by atoms with Crippen molar-refractivity contribution in [2.75, 3.05) is 18.5 Å². The van der Waals surface area contributed by atoms with Crippen molar-refractivity contribution in [2.45, 2.75) is 32.6 Å². The molecule has 0 saturated heterocycles. The Hall–Kier alpha value is -2.02. The van der Waals surface area contributed by atoms with Gasteiger partial charge >= 0.3 is 0 Å². The number of halogens is 2. The number of nitrogens with zero attached hydrogens (tertiary/aromatic N) is 1. The minimum atomic E-state index is -0.103. The van der Waals surface area contributed by atoms with Gasteiger partial charge in [-0.15, -0.1) is 0 Å². The zero-order valence-corrected chi connectivity index (χ0v) is 18.4. The maximum absolute atomic E-state index is 12.2. The fraction of sp³-hybridized carbons (Fsp3) is 0.333. The van der Waals surface area contributed by atoms with Crippen molar-refractivity contribution in [3.8, 4) is 11.5 Å². The largest absolute Gasteiger partial charge is 0.494 e. The monoisotopic (exact) mass is 452 g/mol. The van der Waals surface area contributed by atoms with E-state index in [2.05, 4.69) is 17.2 Å². The third kappa shape index (κ3) is 6.49. The van der Waals surface area contributed by atoms with Crippen LogP contribution in [-0.2, 0) is 4.79 Å². The van der Waals surface area contributed by atoms with Crippen molar-refractivity contribution in [1.29, 1.82) is 0 Å². The molecule has 1 amide bonds. The van der Waals surface area contributed by atoms with E-state index in [1.807, 2.05) is 18.2 Å². The summed E-state index contributed by atoms with van der Waals surface area (Å²) < 4.78 is 12.3. The molecule has 0 atom stereocenters. The molecular weight excluding hydrogens is 431 g/mol. The van der Waals surface area contributed by atoms with Gasteiger partial charge in [0.05, 0.1) is 28.5 Å². The summed E-state index contributed by atoms with van der Waals surface area (Å²) >= 11 is 13.4. The van der Waals surface area contributed by atoms with Crippen LogP contribution < -0.4 is 14.8 Å². The van der Waals surface area contributed by atoms with Crippen molar-refractivity contribution in [1.82, 2.24) is 4.98 Å². The normalized spacial score (nSPS) is 10.9. The summed E-state index contributed by atoms with van der Waals surface area (Å²) in [5.41, 5.74) is 0.842. The number of hydrogen-bond donors (Lipinski definition) is 1. The lowest BCUT2D eigenvalue weighted by molar-refractivity contribution is -0.116. The van der Waals surface area contributed by atoms with Gasteiger partial charge in [0.1, 0.15) is 11.5 Å². The van der Waals surface area contributed by atoms with E-state index in [4.69, 9.17) is 32.7 Å². The van der Waals surface area contributed by atoms with Crippen LogP contribution in [-0.4, -0.2) is 24.1 Å². The van der Waals surface area contributed by atoms with E-state index in [9.17, 15) is 4.79 Å². The van der Waals surface area contributed by atoms with E-state index in [-0.39, 0.29) is 5.91 Å². The minimum absolute atomic E-state index is 0.103. The second-order valence-electron chi connectivity index (χ2n) is 6.43. The number of hydrogen-bond acceptors (Lipinski definition) is 5. The van der Waals surface area contributed by atoms with Gasteiger partial charge in [0.25, 0.3) is 0 Å². The number of unbranched alkanes of at least 4 members (excludes halogenated alkanes) is 1. The fourth-order valence-corrected chi connectivity index (χ4v) is 3.94. The minimum Gasteiger partial charge on any atom is -0.494 e. The first kappa shape index (κ1) is 21.7. The van der Waals surface area contributed by atoms with E-state index < -0.39 is 0 Å². The van der Waals surface area contributed by atoms with Gasteiger partial charge in [0.15, 0.2) is 5.13 Å². The second kappa shape index (κ2) is 10.7. The molecule has 0 spiro atoms. The van der Waals surface area contributed by atoms with Crippen molar-refractivity contribution < 1.29 is 14.3 Å². The van der Waals surface area contributed by atoms with Crippen molar-refractivity contribution in [3.63, 3.8) is 0 Å². The topological polar surface area (TPSA) is 60.5 Å². The lowest BCUT2D eigenvalue weighted by atomic mass is 10.3. The Balaban J connectivity index is 1.46. The molecule has 29 heavy (non-hydrogen) atoms. The van der Waals surface area contributed by atoms with Crippen LogP contribution in [0.3, 0.4) is 0 Å². The van der Waals surface area contributed by atoms with Crippen LogP contribution >= 0.6 is 34.5 Å². The smallest absolute Gasteiger partial charge is 0.226 e. The number of fused-ring (bicyclic) bond motifs is 1. The molecule has 0 fully saturated rings. The van der Waals surface area contributed by atoms with E-state index in [1.165, 1.54) is 11.3 Å². The van der Waals surface area contributed by atoms with Gasteiger partial charge in [0, 0.05) is 11.4 Å². The van der Waals surface area contributed by atoms with Gasteiger partial charge in [-0.2, -0.15) is 0 Å². The molecule has 154 valence electrons. The first-order valence-electron chi connectivity index (χ1n) is 9.46. The van der Waals surface area contributed by atoms with Crippen molar-refractivity contribution >= 4 is 55.8 Å². The highest BCUT2D eigenvalue weighted by Crippen LogP contribution is 2.30. The summed E-state index contributed by atoms with van der Waals surface area (Å²) in [7, 11) is 0. The molecule has 0 unspecified atom stereocenters. The number of carbonyl (C=O) groups excluding carboxylic acids is 1. The Labute approximate surface area is 183 Å². The molecule has 5 nitrogen and oxygen atoms in total. The molecule has 0 bridgehead atoms. The van der Waals surface area contributed by atoms with E-state index in [1.54, 1.807) is 18.2 Å². The fourth-order valence-electron chi connectivity index (χ4n) is 2.57. The molecule has 0 saturated carbocycles. The number of anilines is 1. The number of carbonyl (C=O) groups is 1. The summed E-state index contributed by atoms with van der Waals surface area (Å²) in [6, 6.07) is 10.8. The Morgan fingerprint density at radius 1 is 1.10 bits per heavy atom. The van der Waals surface area contributed by atoms with Crippen LogP contribution in [0.15, 0.2) is 36.4 Å². The van der Waals surface area contributed by atoms with Crippen LogP contribution in [0, 0.1) is 0 Å². The number of ether oxygens (including phenoxy) is 2. The van der Waals surface area contributed by atoms with Crippen LogP contribution in [0.5, 0.6) is 11.5 Å². The SMILES string of the molecule is CCCCOc1ccc2nc(NC(=O)CCCOc3ccc(Cl)cc3Cl)sc2c1. The maximum atomic E-state index is 12.2. The Kier molecular flexibility index (Phi) is 7.98. The Bertz CT molecular complexity index is 978.